The summed E-state index contributed by atoms with van der Waals surface area (Å²) in [5.41, 5.74) is 0.635. The summed E-state index contributed by atoms with van der Waals surface area (Å²) in [5.74, 6) is 1.94. The van der Waals surface area contributed by atoms with Crippen molar-refractivity contribution in [3.8, 4) is 5.75 Å². The summed E-state index contributed by atoms with van der Waals surface area (Å²) in [4.78, 5) is 0. The summed E-state index contributed by atoms with van der Waals surface area (Å²) in [7, 11) is -1.68. The number of ether oxygens (including phenoxy) is 1. The maximum absolute atomic E-state index is 11.4. The molecule has 1 heterocycles. The summed E-state index contributed by atoms with van der Waals surface area (Å²) >= 11 is 0. The summed E-state index contributed by atoms with van der Waals surface area (Å²) < 4.78 is 29.9. The molecule has 2 rings (SSSR count). The molecule has 2 unspecified atom stereocenters. The van der Waals surface area contributed by atoms with Gasteiger partial charge in [-0.2, -0.15) is 0 Å². The van der Waals surface area contributed by atoms with Crippen LogP contribution >= 0.6 is 0 Å². The average Bonchev–Trinajstić information content (AvgIpc) is 2.81. The van der Waals surface area contributed by atoms with Crippen LogP contribution in [0.3, 0.4) is 0 Å². The summed E-state index contributed by atoms with van der Waals surface area (Å²) in [5, 5.41) is 3.35. The lowest BCUT2D eigenvalue weighted by atomic mass is 9.99. The van der Waals surface area contributed by atoms with Crippen molar-refractivity contribution in [3.63, 3.8) is 0 Å². The van der Waals surface area contributed by atoms with Gasteiger partial charge in [-0.15, -0.1) is 0 Å². The molecule has 1 aromatic rings. The Morgan fingerprint density at radius 3 is 2.45 bits per heavy atom. The number of nitrogens with zero attached hydrogens (tertiary/aromatic N) is 1. The fourth-order valence-corrected chi connectivity index (χ4v) is 2.74. The van der Waals surface area contributed by atoms with E-state index in [1.54, 1.807) is 12.1 Å². The van der Waals surface area contributed by atoms with E-state index in [1.807, 2.05) is 12.1 Å². The van der Waals surface area contributed by atoms with Crippen molar-refractivity contribution in [3.05, 3.63) is 24.3 Å². The molecule has 5 nitrogen and oxygen atoms in total. The number of hydrogen-bond donors (Lipinski definition) is 1. The number of benzene rings is 1. The predicted molar refractivity (Wildman–Crippen MR) is 80.7 cm³/mol. The molecule has 1 fully saturated rings. The molecule has 0 spiro atoms. The van der Waals surface area contributed by atoms with Gasteiger partial charge in [-0.1, -0.05) is 6.92 Å². The molecule has 0 saturated carbocycles. The second-order valence-electron chi connectivity index (χ2n) is 5.43. The first-order valence-electron chi connectivity index (χ1n) is 6.75. The monoisotopic (exact) mass is 298 g/mol. The third-order valence-corrected chi connectivity index (χ3v) is 5.05. The van der Waals surface area contributed by atoms with Crippen LogP contribution in [0.2, 0.25) is 0 Å². The smallest absolute Gasteiger partial charge is 0.231 e. The second kappa shape index (κ2) is 6.01. The third-order valence-electron chi connectivity index (χ3n) is 3.84. The second-order valence-corrected chi connectivity index (χ2v) is 7.44. The van der Waals surface area contributed by atoms with Crippen LogP contribution in [0.25, 0.3) is 0 Å². The summed E-state index contributed by atoms with van der Waals surface area (Å²) in [6, 6.07) is 7.13. The Bertz CT molecular complexity index is 542. The lowest BCUT2D eigenvalue weighted by Gasteiger charge is -2.18. The zero-order valence-corrected chi connectivity index (χ0v) is 13.0. The van der Waals surface area contributed by atoms with E-state index in [2.05, 4.69) is 12.2 Å². The van der Waals surface area contributed by atoms with Crippen molar-refractivity contribution in [1.82, 2.24) is 5.32 Å². The number of anilines is 1. The van der Waals surface area contributed by atoms with Crippen molar-refractivity contribution >= 4 is 15.7 Å². The normalized spacial score (nSPS) is 22.8. The SMILES string of the molecule is CC1CNCC1COc1ccc(N(C)S(C)(=O)=O)cc1. The van der Waals surface area contributed by atoms with E-state index in [4.69, 9.17) is 4.74 Å². The van der Waals surface area contributed by atoms with E-state index >= 15 is 0 Å². The molecule has 1 aromatic carbocycles. The van der Waals surface area contributed by atoms with Crippen molar-refractivity contribution < 1.29 is 13.2 Å². The van der Waals surface area contributed by atoms with Crippen LogP contribution < -0.4 is 14.4 Å². The molecule has 0 radical (unpaired) electrons. The molecule has 0 aliphatic carbocycles. The highest BCUT2D eigenvalue weighted by molar-refractivity contribution is 7.92. The lowest BCUT2D eigenvalue weighted by Crippen LogP contribution is -2.24. The van der Waals surface area contributed by atoms with Crippen molar-refractivity contribution in [2.75, 3.05) is 37.3 Å². The zero-order chi connectivity index (χ0) is 14.8. The van der Waals surface area contributed by atoms with E-state index in [1.165, 1.54) is 17.6 Å². The molecule has 6 heteroatoms. The average molecular weight is 298 g/mol. The first-order valence-corrected chi connectivity index (χ1v) is 8.60. The van der Waals surface area contributed by atoms with Crippen LogP contribution in [-0.2, 0) is 10.0 Å². The highest BCUT2D eigenvalue weighted by Gasteiger charge is 2.23. The predicted octanol–water partition coefficient (Wildman–Crippen LogP) is 1.32. The van der Waals surface area contributed by atoms with Crippen molar-refractivity contribution in [2.45, 2.75) is 6.92 Å². The minimum absolute atomic E-state index is 0.536. The first-order chi connectivity index (χ1) is 9.38. The van der Waals surface area contributed by atoms with E-state index in [-0.39, 0.29) is 0 Å². The molecule has 1 aliphatic rings. The molecule has 2 atom stereocenters. The Morgan fingerprint density at radius 2 is 1.95 bits per heavy atom. The minimum atomic E-state index is -3.22. The van der Waals surface area contributed by atoms with Crippen LogP contribution in [0.4, 0.5) is 5.69 Å². The molecular formula is C14H22N2O3S. The number of rotatable bonds is 5. The molecule has 1 aliphatic heterocycles. The van der Waals surface area contributed by atoms with Crippen LogP contribution in [0, 0.1) is 11.8 Å². The van der Waals surface area contributed by atoms with Gasteiger partial charge in [0.2, 0.25) is 10.0 Å². The van der Waals surface area contributed by atoms with Gasteiger partial charge in [-0.05, 0) is 36.7 Å². The Labute approximate surface area is 121 Å². The topological polar surface area (TPSA) is 58.6 Å². The van der Waals surface area contributed by atoms with Crippen molar-refractivity contribution in [2.24, 2.45) is 11.8 Å². The van der Waals surface area contributed by atoms with Gasteiger partial charge in [0.25, 0.3) is 0 Å². The molecular weight excluding hydrogens is 276 g/mol. The quantitative estimate of drug-likeness (QED) is 0.890. The molecule has 20 heavy (non-hydrogen) atoms. The van der Waals surface area contributed by atoms with E-state index < -0.39 is 10.0 Å². The van der Waals surface area contributed by atoms with Gasteiger partial charge in [-0.3, -0.25) is 4.31 Å². The maximum Gasteiger partial charge on any atom is 0.231 e. The van der Waals surface area contributed by atoms with Gasteiger partial charge in [0.05, 0.1) is 18.6 Å². The fourth-order valence-electron chi connectivity index (χ4n) is 2.23. The van der Waals surface area contributed by atoms with E-state index in [9.17, 15) is 8.42 Å². The lowest BCUT2D eigenvalue weighted by molar-refractivity contribution is 0.233. The molecule has 112 valence electrons. The van der Waals surface area contributed by atoms with Crippen LogP contribution in [0.15, 0.2) is 24.3 Å². The summed E-state index contributed by atoms with van der Waals surface area (Å²) in [6.07, 6.45) is 1.19. The molecule has 0 amide bonds. The van der Waals surface area contributed by atoms with Gasteiger partial charge in [-0.25, -0.2) is 8.42 Å². The van der Waals surface area contributed by atoms with Gasteiger partial charge < -0.3 is 10.1 Å². The maximum atomic E-state index is 11.4. The Kier molecular flexibility index (Phi) is 4.55. The van der Waals surface area contributed by atoms with E-state index in [0.717, 1.165) is 18.8 Å². The third kappa shape index (κ3) is 3.64. The Balaban J connectivity index is 1.95. The number of hydrogen-bond acceptors (Lipinski definition) is 4. The standard InChI is InChI=1S/C14H22N2O3S/c1-11-8-15-9-12(11)10-19-14-6-4-13(5-7-14)16(2)20(3,17)18/h4-7,11-12,15H,8-10H2,1-3H3. The van der Waals surface area contributed by atoms with Gasteiger partial charge in [0, 0.05) is 19.5 Å². The highest BCUT2D eigenvalue weighted by Crippen LogP contribution is 2.22. The first kappa shape index (κ1) is 15.1. The van der Waals surface area contributed by atoms with Crippen LogP contribution in [0.1, 0.15) is 6.92 Å². The fraction of sp³-hybridized carbons (Fsp3) is 0.571. The molecule has 0 bridgehead atoms. The van der Waals surface area contributed by atoms with Crippen LogP contribution in [0.5, 0.6) is 5.75 Å². The summed E-state index contributed by atoms with van der Waals surface area (Å²) in [6.45, 7) is 4.95. The highest BCUT2D eigenvalue weighted by atomic mass is 32.2. The van der Waals surface area contributed by atoms with Gasteiger partial charge >= 0.3 is 0 Å². The molecule has 1 saturated heterocycles. The van der Waals surface area contributed by atoms with Crippen molar-refractivity contribution in [1.29, 1.82) is 0 Å². The Morgan fingerprint density at radius 1 is 1.30 bits per heavy atom. The molecule has 0 aromatic heterocycles. The van der Waals surface area contributed by atoms with Crippen LogP contribution in [-0.4, -0.2) is 41.4 Å². The van der Waals surface area contributed by atoms with E-state index in [0.29, 0.717) is 24.1 Å². The van der Waals surface area contributed by atoms with Gasteiger partial charge in [0.1, 0.15) is 5.75 Å². The minimum Gasteiger partial charge on any atom is -0.493 e. The molecule has 1 N–H and O–H groups in total. The zero-order valence-electron chi connectivity index (χ0n) is 12.2. The number of sulfonamides is 1. The number of nitrogens with one attached hydrogen (secondary N) is 1. The largest absolute Gasteiger partial charge is 0.493 e. The van der Waals surface area contributed by atoms with Gasteiger partial charge in [0.15, 0.2) is 0 Å². The Hall–Kier alpha value is -1.27.